The lowest BCUT2D eigenvalue weighted by Gasteiger charge is -2.31. The van der Waals surface area contributed by atoms with Gasteiger partial charge < -0.3 is 15.0 Å². The van der Waals surface area contributed by atoms with Gasteiger partial charge >= 0.3 is 5.97 Å². The number of anilines is 1. The van der Waals surface area contributed by atoms with E-state index < -0.39 is 5.97 Å². The van der Waals surface area contributed by atoms with Gasteiger partial charge in [-0.3, -0.25) is 9.59 Å². The van der Waals surface area contributed by atoms with Crippen LogP contribution in [0.1, 0.15) is 32.9 Å². The highest BCUT2D eigenvalue weighted by Gasteiger charge is 2.28. The lowest BCUT2D eigenvalue weighted by molar-refractivity contribution is -0.121. The fourth-order valence-corrected chi connectivity index (χ4v) is 3.90. The number of piperidine rings is 1. The third-order valence-corrected chi connectivity index (χ3v) is 5.68. The van der Waals surface area contributed by atoms with E-state index >= 15 is 0 Å². The quantitative estimate of drug-likeness (QED) is 0.786. The first kappa shape index (κ1) is 19.4. The van der Waals surface area contributed by atoms with Crippen molar-refractivity contribution in [2.45, 2.75) is 12.8 Å². The molecule has 1 aliphatic heterocycles. The molecule has 1 N–H and O–H groups in total. The minimum atomic E-state index is -0.469. The van der Waals surface area contributed by atoms with Crippen molar-refractivity contribution in [2.24, 2.45) is 5.92 Å². The second kappa shape index (κ2) is 8.54. The molecule has 3 rings (SSSR count). The fraction of sp³-hybridized carbons (Fsp3) is 0.316. The van der Waals surface area contributed by atoms with E-state index in [1.165, 1.54) is 18.4 Å². The van der Waals surface area contributed by atoms with Gasteiger partial charge in [-0.25, -0.2) is 4.79 Å². The molecule has 1 saturated heterocycles. The summed E-state index contributed by atoms with van der Waals surface area (Å²) in [6, 6.07) is 8.47. The van der Waals surface area contributed by atoms with Crippen molar-refractivity contribution in [3.05, 3.63) is 51.2 Å². The number of amides is 2. The van der Waals surface area contributed by atoms with Crippen LogP contribution in [0.3, 0.4) is 0 Å². The SMILES string of the molecule is COC(=O)c1sccc1NC(=O)C1CCN(C(=O)c2ccc(Cl)cc2)CC1. The highest BCUT2D eigenvalue weighted by molar-refractivity contribution is 7.12. The van der Waals surface area contributed by atoms with Gasteiger partial charge in [-0.15, -0.1) is 11.3 Å². The van der Waals surface area contributed by atoms with Gasteiger partial charge in [-0.1, -0.05) is 11.6 Å². The van der Waals surface area contributed by atoms with Crippen LogP contribution in [0.2, 0.25) is 5.02 Å². The maximum atomic E-state index is 12.5. The molecule has 6 nitrogen and oxygen atoms in total. The van der Waals surface area contributed by atoms with Crippen LogP contribution in [-0.2, 0) is 9.53 Å². The van der Waals surface area contributed by atoms with Crippen molar-refractivity contribution in [3.63, 3.8) is 0 Å². The van der Waals surface area contributed by atoms with Crippen molar-refractivity contribution >= 4 is 46.4 Å². The number of rotatable bonds is 4. The first-order valence-electron chi connectivity index (χ1n) is 8.51. The Balaban J connectivity index is 1.56. The molecule has 27 heavy (non-hydrogen) atoms. The molecule has 1 aromatic carbocycles. The van der Waals surface area contributed by atoms with Gasteiger partial charge in [0.15, 0.2) is 0 Å². The molecule has 0 unspecified atom stereocenters. The van der Waals surface area contributed by atoms with E-state index in [1.54, 1.807) is 40.6 Å². The molecule has 0 aliphatic carbocycles. The van der Waals surface area contributed by atoms with Crippen LogP contribution >= 0.6 is 22.9 Å². The molecule has 2 aromatic rings. The number of ether oxygens (including phenoxy) is 1. The van der Waals surface area contributed by atoms with Crippen LogP contribution in [0.25, 0.3) is 0 Å². The Bertz CT molecular complexity index is 842. The van der Waals surface area contributed by atoms with E-state index in [9.17, 15) is 14.4 Å². The molecule has 0 radical (unpaired) electrons. The predicted octanol–water partition coefficient (Wildman–Crippen LogP) is 3.68. The lowest BCUT2D eigenvalue weighted by Crippen LogP contribution is -2.41. The average Bonchev–Trinajstić information content (AvgIpc) is 3.15. The van der Waals surface area contributed by atoms with Gasteiger partial charge in [-0.05, 0) is 48.6 Å². The fourth-order valence-electron chi connectivity index (χ4n) is 3.01. The highest BCUT2D eigenvalue weighted by Crippen LogP contribution is 2.26. The number of thiophene rings is 1. The highest BCUT2D eigenvalue weighted by atomic mass is 35.5. The number of nitrogens with zero attached hydrogens (tertiary/aromatic N) is 1. The summed E-state index contributed by atoms with van der Waals surface area (Å²) in [5.74, 6) is -0.873. The zero-order chi connectivity index (χ0) is 19.4. The summed E-state index contributed by atoms with van der Waals surface area (Å²) < 4.78 is 4.72. The molecule has 2 heterocycles. The third-order valence-electron chi connectivity index (χ3n) is 4.54. The number of nitrogens with one attached hydrogen (secondary N) is 1. The second-order valence-corrected chi connectivity index (χ2v) is 7.57. The molecule has 0 atom stereocenters. The van der Waals surface area contributed by atoms with E-state index in [0.29, 0.717) is 47.1 Å². The third kappa shape index (κ3) is 4.48. The van der Waals surface area contributed by atoms with Crippen molar-refractivity contribution < 1.29 is 19.1 Å². The van der Waals surface area contributed by atoms with Gasteiger partial charge in [-0.2, -0.15) is 0 Å². The van der Waals surface area contributed by atoms with Crippen LogP contribution in [0, 0.1) is 5.92 Å². The van der Waals surface area contributed by atoms with E-state index in [4.69, 9.17) is 16.3 Å². The number of hydrogen-bond acceptors (Lipinski definition) is 5. The van der Waals surface area contributed by atoms with Gasteiger partial charge in [0, 0.05) is 29.6 Å². The van der Waals surface area contributed by atoms with Crippen LogP contribution in [0.4, 0.5) is 5.69 Å². The van der Waals surface area contributed by atoms with Crippen LogP contribution < -0.4 is 5.32 Å². The summed E-state index contributed by atoms with van der Waals surface area (Å²) >= 11 is 7.08. The molecule has 142 valence electrons. The average molecular weight is 407 g/mol. The Kier molecular flexibility index (Phi) is 6.13. The van der Waals surface area contributed by atoms with E-state index in [0.717, 1.165) is 0 Å². The smallest absolute Gasteiger partial charge is 0.350 e. The molecule has 0 spiro atoms. The maximum absolute atomic E-state index is 12.5. The molecule has 8 heteroatoms. The molecule has 2 amide bonds. The second-order valence-electron chi connectivity index (χ2n) is 6.22. The summed E-state index contributed by atoms with van der Waals surface area (Å²) in [7, 11) is 1.31. The van der Waals surface area contributed by atoms with E-state index in [1.807, 2.05) is 0 Å². The van der Waals surface area contributed by atoms with Gasteiger partial charge in [0.2, 0.25) is 5.91 Å². The number of carbonyl (C=O) groups is 3. The van der Waals surface area contributed by atoms with Crippen molar-refractivity contribution in [2.75, 3.05) is 25.5 Å². The Morgan fingerprint density at radius 1 is 1.15 bits per heavy atom. The van der Waals surface area contributed by atoms with Gasteiger partial charge in [0.05, 0.1) is 12.8 Å². The maximum Gasteiger partial charge on any atom is 0.350 e. The Hall–Kier alpha value is -2.38. The molecule has 0 saturated carbocycles. The summed E-state index contributed by atoms with van der Waals surface area (Å²) in [4.78, 5) is 38.9. The molecule has 1 aliphatic rings. The summed E-state index contributed by atoms with van der Waals surface area (Å²) in [6.07, 6.45) is 1.14. The first-order chi connectivity index (χ1) is 13.0. The number of hydrogen-bond donors (Lipinski definition) is 1. The van der Waals surface area contributed by atoms with Crippen LogP contribution in [-0.4, -0.2) is 42.9 Å². The summed E-state index contributed by atoms with van der Waals surface area (Å²) in [5, 5.41) is 5.13. The van der Waals surface area contributed by atoms with Crippen molar-refractivity contribution in [3.8, 4) is 0 Å². The summed E-state index contributed by atoms with van der Waals surface area (Å²) in [5.41, 5.74) is 1.06. The Labute approximate surface area is 166 Å². The number of carbonyl (C=O) groups excluding carboxylic acids is 3. The Morgan fingerprint density at radius 2 is 1.81 bits per heavy atom. The molecular weight excluding hydrogens is 388 g/mol. The monoisotopic (exact) mass is 406 g/mol. The van der Waals surface area contributed by atoms with Crippen molar-refractivity contribution in [1.82, 2.24) is 4.90 Å². The van der Waals surface area contributed by atoms with E-state index in [-0.39, 0.29) is 17.7 Å². The lowest BCUT2D eigenvalue weighted by atomic mass is 9.95. The van der Waals surface area contributed by atoms with Crippen LogP contribution in [0.15, 0.2) is 35.7 Å². The topological polar surface area (TPSA) is 75.7 Å². The molecule has 1 aromatic heterocycles. The standard InChI is InChI=1S/C19H19ClN2O4S/c1-26-19(25)16-15(8-11-27-16)21-17(23)12-6-9-22(10-7-12)18(24)13-2-4-14(20)5-3-13/h2-5,8,11-12H,6-7,9-10H2,1H3,(H,21,23). The van der Waals surface area contributed by atoms with Gasteiger partial charge in [0.1, 0.15) is 4.88 Å². The molecule has 0 bridgehead atoms. The molecule has 1 fully saturated rings. The first-order valence-corrected chi connectivity index (χ1v) is 9.77. The number of methoxy groups -OCH3 is 1. The van der Waals surface area contributed by atoms with Gasteiger partial charge in [0.25, 0.3) is 5.91 Å². The van der Waals surface area contributed by atoms with E-state index in [2.05, 4.69) is 5.32 Å². The predicted molar refractivity (Wildman–Crippen MR) is 104 cm³/mol. The normalized spacial score (nSPS) is 14.7. The van der Waals surface area contributed by atoms with Crippen LogP contribution in [0.5, 0.6) is 0 Å². The number of halogens is 1. The number of benzene rings is 1. The minimum absolute atomic E-state index is 0.0589. The Morgan fingerprint density at radius 3 is 2.44 bits per heavy atom. The largest absolute Gasteiger partial charge is 0.465 e. The summed E-state index contributed by atoms with van der Waals surface area (Å²) in [6.45, 7) is 1.01. The van der Waals surface area contributed by atoms with Crippen molar-refractivity contribution in [1.29, 1.82) is 0 Å². The zero-order valence-electron chi connectivity index (χ0n) is 14.7. The zero-order valence-corrected chi connectivity index (χ0v) is 16.3. The number of likely N-dealkylation sites (tertiary alicyclic amines) is 1. The molecular formula is C19H19ClN2O4S. The minimum Gasteiger partial charge on any atom is -0.465 e. The number of esters is 1.